The zero-order valence-electron chi connectivity index (χ0n) is 21.3. The Labute approximate surface area is 227 Å². The lowest BCUT2D eigenvalue weighted by atomic mass is 10.0. The predicted molar refractivity (Wildman–Crippen MR) is 147 cm³/mol. The lowest BCUT2D eigenvalue weighted by molar-refractivity contribution is 0.0973. The number of ketones is 1. The Hall–Kier alpha value is -6.44. The molecule has 0 atom stereocenters. The molecule has 0 aliphatic heterocycles. The molecule has 0 aliphatic rings. The number of nitriles is 1. The number of hydrogen-bond acceptors (Lipinski definition) is 8. The van der Waals surface area contributed by atoms with Crippen LogP contribution in [0.5, 0.6) is 0 Å². The number of Topliss-reactive ketones (excluding diaryl/α,β-unsaturated/α-hetero) is 1. The Bertz CT molecular complexity index is 1310. The molecule has 0 fully saturated rings. The van der Waals surface area contributed by atoms with E-state index in [0.29, 0.717) is 16.7 Å². The van der Waals surface area contributed by atoms with Gasteiger partial charge >= 0.3 is 5.69 Å². The third-order valence-corrected chi connectivity index (χ3v) is 3.72. The molecule has 0 radical (unpaired) electrons. The average Bonchev–Trinajstić information content (AvgIpc) is 3.35. The fourth-order valence-electron chi connectivity index (χ4n) is 2.14. The van der Waals surface area contributed by atoms with E-state index in [0.717, 1.165) is 0 Å². The van der Waals surface area contributed by atoms with Crippen LogP contribution in [0.4, 0.5) is 0 Å². The zero-order valence-corrected chi connectivity index (χ0v) is 21.3. The van der Waals surface area contributed by atoms with E-state index in [-0.39, 0.29) is 29.0 Å². The van der Waals surface area contributed by atoms with Crippen LogP contribution in [0.3, 0.4) is 0 Å². The van der Waals surface area contributed by atoms with Crippen molar-refractivity contribution in [3.05, 3.63) is 93.7 Å². The van der Waals surface area contributed by atoms with Gasteiger partial charge in [-0.15, -0.1) is 4.99 Å². The van der Waals surface area contributed by atoms with Gasteiger partial charge in [0.05, 0.1) is 0 Å². The number of nitrogens with one attached hydrogen (secondary N) is 3. The highest BCUT2D eigenvalue weighted by molar-refractivity contribution is 6.06. The van der Waals surface area contributed by atoms with Gasteiger partial charge in [-0.2, -0.15) is 5.26 Å². The Morgan fingerprint density at radius 2 is 1.12 bits per heavy atom. The normalized spacial score (nSPS) is 8.40. The Kier molecular flexibility index (Phi) is 17.6. The number of H-pyrrole nitrogens is 2. The van der Waals surface area contributed by atoms with Crippen LogP contribution in [-0.2, 0) is 0 Å². The highest BCUT2D eigenvalue weighted by Crippen LogP contribution is 2.08. The number of carbonyl (C=O) groups excluding carboxylic acids is 4. The molecular formula is C23H30N12O5. The summed E-state index contributed by atoms with van der Waals surface area (Å²) in [6, 6.07) is 12.3. The number of aliphatic imine (C=N–C) groups is 1. The first kappa shape index (κ1) is 35.7. The van der Waals surface area contributed by atoms with Crippen LogP contribution < -0.4 is 45.8 Å². The van der Waals surface area contributed by atoms with Crippen LogP contribution in [0.15, 0.2) is 70.7 Å². The standard InChI is InChI=1S/C9H9NO2.C8H8N2O2.C3H4N2O.C2H4N4.CH5N3/c1-6(11)7-4-2-3-5-8(7)9(10)12;9-7(11)5-1-2-6(4-3-5)8(10)12;6-3-4-1-2-5-3;3-1-6-2(4)5;2-1(3)4/h2-5H,1H3,(H2,10,12);1-4H,(H2,9,11)(H2,10,12);1-2H,(H2,4,5,6);(H4,4,5,6);(H5,2,3,4). The number of aromatic nitrogens is 2. The van der Waals surface area contributed by atoms with E-state index in [2.05, 4.69) is 26.4 Å². The maximum Gasteiger partial charge on any atom is 0.322 e. The summed E-state index contributed by atoms with van der Waals surface area (Å²) in [5.41, 5.74) is 34.6. The molecule has 0 unspecified atom stereocenters. The molecule has 40 heavy (non-hydrogen) atoms. The smallest absolute Gasteiger partial charge is 0.322 e. The number of rotatable bonds is 4. The summed E-state index contributed by atoms with van der Waals surface area (Å²) in [4.78, 5) is 60.6. The fourth-order valence-corrected chi connectivity index (χ4v) is 2.14. The van der Waals surface area contributed by atoms with Crippen LogP contribution in [0.1, 0.15) is 48.4 Å². The van der Waals surface area contributed by atoms with Crippen molar-refractivity contribution >= 4 is 35.4 Å². The van der Waals surface area contributed by atoms with Crippen LogP contribution >= 0.6 is 0 Å². The highest BCUT2D eigenvalue weighted by Gasteiger charge is 2.09. The average molecular weight is 555 g/mol. The Morgan fingerprint density at radius 3 is 1.30 bits per heavy atom. The van der Waals surface area contributed by atoms with Gasteiger partial charge in [0, 0.05) is 34.6 Å². The quantitative estimate of drug-likeness (QED) is 0.0742. The van der Waals surface area contributed by atoms with Crippen molar-refractivity contribution in [2.75, 3.05) is 0 Å². The largest absolute Gasteiger partial charge is 0.370 e. The van der Waals surface area contributed by atoms with Gasteiger partial charge in [-0.3, -0.25) is 24.6 Å². The number of benzene rings is 2. The molecule has 0 saturated heterocycles. The first-order valence-corrected chi connectivity index (χ1v) is 10.5. The summed E-state index contributed by atoms with van der Waals surface area (Å²) in [6.07, 6.45) is 4.49. The van der Waals surface area contributed by atoms with Gasteiger partial charge in [-0.05, 0) is 37.3 Å². The molecule has 17 heteroatoms. The van der Waals surface area contributed by atoms with Gasteiger partial charge in [-0.25, -0.2) is 4.79 Å². The molecule has 17 nitrogen and oxygen atoms in total. The van der Waals surface area contributed by atoms with Crippen molar-refractivity contribution in [1.82, 2.24) is 9.97 Å². The second kappa shape index (κ2) is 19.7. The molecule has 2 aromatic carbocycles. The van der Waals surface area contributed by atoms with Crippen LogP contribution in [0.25, 0.3) is 0 Å². The monoisotopic (exact) mass is 554 g/mol. The molecule has 0 bridgehead atoms. The summed E-state index contributed by atoms with van der Waals surface area (Å²) in [5.74, 6) is -2.29. The minimum Gasteiger partial charge on any atom is -0.370 e. The summed E-state index contributed by atoms with van der Waals surface area (Å²) in [7, 11) is 0. The lowest BCUT2D eigenvalue weighted by Crippen LogP contribution is -2.21. The van der Waals surface area contributed by atoms with Crippen LogP contribution in [-0.4, -0.2) is 45.4 Å². The summed E-state index contributed by atoms with van der Waals surface area (Å²) < 4.78 is 0. The minimum atomic E-state index is -0.569. The van der Waals surface area contributed by atoms with Gasteiger partial charge in [-0.1, -0.05) is 18.2 Å². The van der Waals surface area contributed by atoms with E-state index in [1.54, 1.807) is 36.7 Å². The minimum absolute atomic E-state index is 0.149. The van der Waals surface area contributed by atoms with Crippen LogP contribution in [0.2, 0.25) is 0 Å². The number of nitrogens with two attached hydrogens (primary N) is 7. The van der Waals surface area contributed by atoms with Gasteiger partial charge < -0.3 is 50.1 Å². The molecule has 1 aromatic heterocycles. The molecular weight excluding hydrogens is 524 g/mol. The summed E-state index contributed by atoms with van der Waals surface area (Å²) >= 11 is 0. The number of guanidine groups is 2. The maximum atomic E-state index is 11.0. The van der Waals surface area contributed by atoms with Gasteiger partial charge in [0.15, 0.2) is 11.7 Å². The molecule has 3 rings (SSSR count). The number of carbonyl (C=O) groups is 4. The maximum absolute atomic E-state index is 11.0. The Morgan fingerprint density at radius 1 is 0.750 bits per heavy atom. The molecule has 1 heterocycles. The van der Waals surface area contributed by atoms with Crippen molar-refractivity contribution in [2.45, 2.75) is 6.92 Å². The van der Waals surface area contributed by atoms with Crippen molar-refractivity contribution < 1.29 is 19.2 Å². The van der Waals surface area contributed by atoms with Crippen molar-refractivity contribution in [1.29, 1.82) is 10.7 Å². The fraction of sp³-hybridized carbons (Fsp3) is 0.0435. The second-order valence-corrected chi connectivity index (χ2v) is 6.82. The van der Waals surface area contributed by atoms with E-state index < -0.39 is 17.7 Å². The lowest BCUT2D eigenvalue weighted by Gasteiger charge is -2.00. The second-order valence-electron chi connectivity index (χ2n) is 6.82. The first-order chi connectivity index (χ1) is 18.6. The van der Waals surface area contributed by atoms with E-state index in [1.165, 1.54) is 37.4 Å². The van der Waals surface area contributed by atoms with Crippen molar-refractivity contribution in [3.8, 4) is 6.19 Å². The number of aromatic amines is 2. The van der Waals surface area contributed by atoms with Crippen molar-refractivity contribution in [2.24, 2.45) is 45.1 Å². The van der Waals surface area contributed by atoms with E-state index in [4.69, 9.17) is 39.3 Å². The SMILES string of the molecule is CC(=O)c1ccccc1C(N)=O.N#CN=C(N)N.N=C(N)N.NC(=O)c1ccc(C(N)=O)cc1.O=c1[nH]cc[nH]1. The third-order valence-electron chi connectivity index (χ3n) is 3.72. The van der Waals surface area contributed by atoms with Gasteiger partial charge in [0.1, 0.15) is 0 Å². The van der Waals surface area contributed by atoms with E-state index in [9.17, 15) is 24.0 Å². The molecule has 17 N–H and O–H groups in total. The number of hydrogen-bond donors (Lipinski definition) is 10. The predicted octanol–water partition coefficient (Wildman–Crippen LogP) is -1.85. The molecule has 212 valence electrons. The zero-order chi connectivity index (χ0) is 31.3. The molecule has 3 amide bonds. The molecule has 3 aromatic rings. The van der Waals surface area contributed by atoms with Gasteiger partial charge in [0.25, 0.3) is 0 Å². The Balaban J connectivity index is 0. The number of primary amides is 3. The highest BCUT2D eigenvalue weighted by atomic mass is 16.2. The summed E-state index contributed by atoms with van der Waals surface area (Å²) in [5, 5.41) is 13.7. The topological polar surface area (TPSA) is 359 Å². The number of imidazole rings is 1. The van der Waals surface area contributed by atoms with Crippen molar-refractivity contribution in [3.63, 3.8) is 0 Å². The number of nitrogens with zero attached hydrogens (tertiary/aromatic N) is 2. The summed E-state index contributed by atoms with van der Waals surface area (Å²) in [6.45, 7) is 1.40. The van der Waals surface area contributed by atoms with E-state index in [1.807, 2.05) is 0 Å². The first-order valence-electron chi connectivity index (χ1n) is 10.5. The molecule has 0 spiro atoms. The van der Waals surface area contributed by atoms with Gasteiger partial charge in [0.2, 0.25) is 29.9 Å². The third kappa shape index (κ3) is 17.9. The molecule has 0 aliphatic carbocycles. The number of amides is 3. The van der Waals surface area contributed by atoms with E-state index >= 15 is 0 Å². The van der Waals surface area contributed by atoms with Crippen LogP contribution in [0, 0.1) is 16.9 Å². The molecule has 0 saturated carbocycles.